The van der Waals surface area contributed by atoms with Crippen LogP contribution in [0.3, 0.4) is 0 Å². The number of rotatable bonds is 7. The van der Waals surface area contributed by atoms with Crippen molar-refractivity contribution in [3.63, 3.8) is 0 Å². The Bertz CT molecular complexity index is 1690. The molecule has 8 heteroatoms. The lowest BCUT2D eigenvalue weighted by atomic mass is 9.99. The molecule has 1 fully saturated rings. The van der Waals surface area contributed by atoms with Crippen molar-refractivity contribution in [2.75, 3.05) is 34.8 Å². The van der Waals surface area contributed by atoms with Gasteiger partial charge in [-0.15, -0.1) is 0 Å². The van der Waals surface area contributed by atoms with Gasteiger partial charge in [0.05, 0.1) is 17.9 Å². The highest BCUT2D eigenvalue weighted by Gasteiger charge is 2.34. The number of ketones is 1. The fraction of sp³-hybridized carbons (Fsp3) is 0.200. The second kappa shape index (κ2) is 12.3. The van der Waals surface area contributed by atoms with Crippen LogP contribution in [0, 0.1) is 6.92 Å². The van der Waals surface area contributed by atoms with Crippen LogP contribution in [0.2, 0.25) is 0 Å². The summed E-state index contributed by atoms with van der Waals surface area (Å²) in [5, 5.41) is 5.66. The molecule has 0 aromatic heterocycles. The number of nitrogens with zero attached hydrogens (tertiary/aromatic N) is 3. The first-order chi connectivity index (χ1) is 21.0. The number of nitrogens with one attached hydrogen (secondary N) is 2. The van der Waals surface area contributed by atoms with Crippen molar-refractivity contribution in [2.24, 2.45) is 4.99 Å². The minimum Gasteiger partial charge on any atom is -0.371 e. The van der Waals surface area contributed by atoms with Crippen LogP contribution in [0.5, 0.6) is 0 Å². The number of Topliss-reactive ketones (excluding diaryl/α,β-unsaturated/α-hetero) is 1. The van der Waals surface area contributed by atoms with E-state index in [1.54, 1.807) is 6.07 Å². The van der Waals surface area contributed by atoms with Crippen LogP contribution in [0.1, 0.15) is 39.9 Å². The fourth-order valence-corrected chi connectivity index (χ4v) is 5.67. The Hall–Kier alpha value is -5.24. The van der Waals surface area contributed by atoms with E-state index in [4.69, 9.17) is 4.99 Å². The highest BCUT2D eigenvalue weighted by molar-refractivity contribution is 6.21. The third-order valence-corrected chi connectivity index (χ3v) is 7.85. The summed E-state index contributed by atoms with van der Waals surface area (Å²) in [4.78, 5) is 49.6. The van der Waals surface area contributed by atoms with E-state index < -0.39 is 18.1 Å². The zero-order valence-electron chi connectivity index (χ0n) is 24.0. The average molecular weight is 572 g/mol. The standard InChI is InChI=1S/C35H33N5O3/c1-24-12-5-6-17-28(24)31(41)23-40-30-19-8-7-18-29(30)32(25-13-3-2-4-14-25)37-33(34(40)42)38-35(43)36-26-15-11-16-27(22-26)39-20-9-10-21-39/h2-8,11-19,22,33H,9-10,20-21,23H2,1H3,(H2,36,38,43). The van der Waals surface area contributed by atoms with E-state index in [0.717, 1.165) is 42.7 Å². The highest BCUT2D eigenvalue weighted by atomic mass is 16.2. The van der Waals surface area contributed by atoms with E-state index in [-0.39, 0.29) is 12.3 Å². The van der Waals surface area contributed by atoms with Crippen LogP contribution < -0.4 is 20.4 Å². The maximum Gasteiger partial charge on any atom is 0.321 e. The number of para-hydroxylation sites is 1. The lowest BCUT2D eigenvalue weighted by Gasteiger charge is -2.25. The molecule has 0 spiro atoms. The Balaban J connectivity index is 1.33. The number of fused-ring (bicyclic) bond motifs is 1. The minimum absolute atomic E-state index is 0.198. The number of hydrogen-bond acceptors (Lipinski definition) is 5. The van der Waals surface area contributed by atoms with E-state index in [1.807, 2.05) is 104 Å². The summed E-state index contributed by atoms with van der Waals surface area (Å²) in [5.41, 5.74) is 5.63. The molecular weight excluding hydrogens is 538 g/mol. The second-order valence-corrected chi connectivity index (χ2v) is 10.8. The zero-order chi connectivity index (χ0) is 29.8. The topological polar surface area (TPSA) is 94.1 Å². The van der Waals surface area contributed by atoms with Gasteiger partial charge < -0.3 is 20.4 Å². The van der Waals surface area contributed by atoms with Gasteiger partial charge in [0.15, 0.2) is 5.78 Å². The molecule has 216 valence electrons. The summed E-state index contributed by atoms with van der Waals surface area (Å²) in [6.45, 7) is 3.65. The van der Waals surface area contributed by atoms with Gasteiger partial charge in [0, 0.05) is 41.2 Å². The summed E-state index contributed by atoms with van der Waals surface area (Å²) >= 11 is 0. The van der Waals surface area contributed by atoms with Crippen molar-refractivity contribution < 1.29 is 14.4 Å². The Morgan fingerprint density at radius 1 is 0.860 bits per heavy atom. The van der Waals surface area contributed by atoms with Crippen molar-refractivity contribution in [1.82, 2.24) is 5.32 Å². The molecule has 0 radical (unpaired) electrons. The molecule has 2 heterocycles. The van der Waals surface area contributed by atoms with Gasteiger partial charge in [-0.25, -0.2) is 9.79 Å². The van der Waals surface area contributed by atoms with E-state index >= 15 is 0 Å². The first kappa shape index (κ1) is 27.9. The molecule has 4 aromatic carbocycles. The molecule has 1 atom stereocenters. The van der Waals surface area contributed by atoms with E-state index in [0.29, 0.717) is 28.2 Å². The van der Waals surface area contributed by atoms with Gasteiger partial charge in [0.1, 0.15) is 0 Å². The molecular formula is C35H33N5O3. The normalized spacial score (nSPS) is 16.3. The summed E-state index contributed by atoms with van der Waals surface area (Å²) in [6, 6.07) is 31.3. The van der Waals surface area contributed by atoms with Crippen LogP contribution in [0.4, 0.5) is 21.9 Å². The smallest absolute Gasteiger partial charge is 0.321 e. The molecule has 3 amide bonds. The van der Waals surface area contributed by atoms with Crippen LogP contribution in [-0.4, -0.2) is 49.2 Å². The monoisotopic (exact) mass is 571 g/mol. The Morgan fingerprint density at radius 3 is 2.37 bits per heavy atom. The molecule has 4 aromatic rings. The second-order valence-electron chi connectivity index (χ2n) is 10.8. The van der Waals surface area contributed by atoms with Crippen LogP contribution in [0.15, 0.2) is 108 Å². The molecule has 0 saturated carbocycles. The Kier molecular flexibility index (Phi) is 8.00. The van der Waals surface area contributed by atoms with Crippen LogP contribution in [0.25, 0.3) is 0 Å². The first-order valence-electron chi connectivity index (χ1n) is 14.5. The SMILES string of the molecule is Cc1ccccc1C(=O)CN1C(=O)C(NC(=O)Nc2cccc(N3CCCC3)c2)N=C(c2ccccc2)c2ccccc21. The number of hydrogen-bond donors (Lipinski definition) is 2. The van der Waals surface area contributed by atoms with E-state index in [9.17, 15) is 14.4 Å². The molecule has 6 rings (SSSR count). The van der Waals surface area contributed by atoms with E-state index in [1.165, 1.54) is 4.90 Å². The molecule has 0 bridgehead atoms. The lowest BCUT2D eigenvalue weighted by molar-refractivity contribution is -0.120. The quantitative estimate of drug-likeness (QED) is 0.274. The molecule has 2 aliphatic rings. The molecule has 43 heavy (non-hydrogen) atoms. The predicted octanol–water partition coefficient (Wildman–Crippen LogP) is 5.81. The van der Waals surface area contributed by atoms with Crippen molar-refractivity contribution in [2.45, 2.75) is 25.9 Å². The number of amides is 3. The summed E-state index contributed by atoms with van der Waals surface area (Å²) < 4.78 is 0. The maximum absolute atomic E-state index is 14.2. The summed E-state index contributed by atoms with van der Waals surface area (Å²) in [6.07, 6.45) is 1.03. The van der Waals surface area contributed by atoms with Gasteiger partial charge in [0.25, 0.3) is 5.91 Å². The van der Waals surface area contributed by atoms with Crippen molar-refractivity contribution in [3.8, 4) is 0 Å². The average Bonchev–Trinajstić information content (AvgIpc) is 3.55. The number of anilines is 3. The molecule has 0 aliphatic carbocycles. The number of benzene rings is 4. The molecule has 1 unspecified atom stereocenters. The third kappa shape index (κ3) is 6.04. The summed E-state index contributed by atoms with van der Waals surface area (Å²) in [5.74, 6) is -0.701. The molecule has 1 saturated heterocycles. The van der Waals surface area contributed by atoms with Gasteiger partial charge in [0.2, 0.25) is 6.17 Å². The van der Waals surface area contributed by atoms with Crippen molar-refractivity contribution >= 4 is 40.5 Å². The van der Waals surface area contributed by atoms with Gasteiger partial charge in [-0.3, -0.25) is 9.59 Å². The molecule has 2 aliphatic heterocycles. The van der Waals surface area contributed by atoms with Crippen LogP contribution >= 0.6 is 0 Å². The fourth-order valence-electron chi connectivity index (χ4n) is 5.67. The van der Waals surface area contributed by atoms with Gasteiger partial charge in [-0.05, 0) is 49.6 Å². The first-order valence-corrected chi connectivity index (χ1v) is 14.5. The van der Waals surface area contributed by atoms with E-state index in [2.05, 4.69) is 15.5 Å². The minimum atomic E-state index is -1.27. The predicted molar refractivity (Wildman–Crippen MR) is 170 cm³/mol. The van der Waals surface area contributed by atoms with Crippen molar-refractivity contribution in [3.05, 3.63) is 125 Å². The third-order valence-electron chi connectivity index (χ3n) is 7.85. The Labute approximate surface area is 251 Å². The largest absolute Gasteiger partial charge is 0.371 e. The number of urea groups is 1. The zero-order valence-corrected chi connectivity index (χ0v) is 24.0. The Morgan fingerprint density at radius 2 is 1.58 bits per heavy atom. The maximum atomic E-state index is 14.2. The van der Waals surface area contributed by atoms with Gasteiger partial charge in [-0.2, -0.15) is 0 Å². The number of aryl methyl sites for hydroxylation is 1. The number of aliphatic imine (C=N–C) groups is 1. The van der Waals surface area contributed by atoms with Crippen LogP contribution in [-0.2, 0) is 4.79 Å². The number of carbonyl (C=O) groups excluding carboxylic acids is 3. The highest BCUT2D eigenvalue weighted by Crippen LogP contribution is 2.29. The summed E-state index contributed by atoms with van der Waals surface area (Å²) in [7, 11) is 0. The molecule has 2 N–H and O–H groups in total. The van der Waals surface area contributed by atoms with Gasteiger partial charge >= 0.3 is 6.03 Å². The van der Waals surface area contributed by atoms with Crippen molar-refractivity contribution in [1.29, 1.82) is 0 Å². The molecule has 8 nitrogen and oxygen atoms in total. The number of benzodiazepines with no additional fused rings is 1. The van der Waals surface area contributed by atoms with Gasteiger partial charge in [-0.1, -0.05) is 78.9 Å². The lowest BCUT2D eigenvalue weighted by Crippen LogP contribution is -2.50. The number of carbonyl (C=O) groups is 3.